The summed E-state index contributed by atoms with van der Waals surface area (Å²) in [5.41, 5.74) is 4.33. The van der Waals surface area contributed by atoms with E-state index in [-0.39, 0.29) is 23.5 Å². The third-order valence-electron chi connectivity index (χ3n) is 8.67. The summed E-state index contributed by atoms with van der Waals surface area (Å²) in [4.78, 5) is 19.8. The molecular weight excluding hydrogens is 682 g/mol. The van der Waals surface area contributed by atoms with Gasteiger partial charge in [-0.1, -0.05) is 87.4 Å². The van der Waals surface area contributed by atoms with Crippen molar-refractivity contribution in [3.8, 4) is 0 Å². The predicted molar refractivity (Wildman–Crippen MR) is 201 cm³/mol. The first kappa shape index (κ1) is 38.6. The number of unbranched alkanes of at least 4 members (excludes halogenated alkanes) is 2. The van der Waals surface area contributed by atoms with E-state index >= 15 is 0 Å². The van der Waals surface area contributed by atoms with Gasteiger partial charge in [0, 0.05) is 68.6 Å². The summed E-state index contributed by atoms with van der Waals surface area (Å²) >= 11 is 0. The van der Waals surface area contributed by atoms with Crippen LogP contribution < -0.4 is 14.9 Å². The first-order chi connectivity index (χ1) is 23.5. The van der Waals surface area contributed by atoms with E-state index in [9.17, 15) is 21.6 Å². The number of sulfonamides is 1. The summed E-state index contributed by atoms with van der Waals surface area (Å²) in [5, 5.41) is 3.27. The molecule has 1 amide bonds. The molecule has 0 saturated carbocycles. The third kappa shape index (κ3) is 12.0. The zero-order valence-corrected chi connectivity index (χ0v) is 30.9. The molecule has 0 atom stereocenters. The van der Waals surface area contributed by atoms with Gasteiger partial charge in [0.05, 0.1) is 28.9 Å². The second-order valence-electron chi connectivity index (χ2n) is 12.4. The molecule has 0 bridgehead atoms. The number of halogens is 1. The van der Waals surface area contributed by atoms with Crippen LogP contribution in [-0.4, -0.2) is 96.4 Å². The molecule has 0 radical (unpaired) electrons. The van der Waals surface area contributed by atoms with Crippen molar-refractivity contribution in [2.24, 2.45) is 0 Å². The average Bonchev–Trinajstić information content (AvgIpc) is 3.11. The fourth-order valence-corrected chi connectivity index (χ4v) is 8.28. The van der Waals surface area contributed by atoms with Crippen molar-refractivity contribution in [2.75, 3.05) is 73.5 Å². The van der Waals surface area contributed by atoms with E-state index < -0.39 is 19.1 Å². The van der Waals surface area contributed by atoms with Crippen LogP contribution in [0.4, 0.5) is 11.4 Å². The highest BCUT2D eigenvalue weighted by Gasteiger charge is 2.28. The van der Waals surface area contributed by atoms with Crippen molar-refractivity contribution in [3.63, 3.8) is 0 Å². The van der Waals surface area contributed by atoms with Crippen molar-refractivity contribution in [2.45, 2.75) is 45.6 Å². The molecule has 0 aromatic heterocycles. The van der Waals surface area contributed by atoms with E-state index in [2.05, 4.69) is 68.4 Å². The molecule has 2 saturated heterocycles. The summed E-state index contributed by atoms with van der Waals surface area (Å²) in [7, 11) is -1.87. The van der Waals surface area contributed by atoms with Gasteiger partial charge in [-0.25, -0.2) is 16.8 Å². The first-order valence-electron chi connectivity index (χ1n) is 17.2. The molecule has 3 aromatic rings. The third-order valence-corrected chi connectivity index (χ3v) is 11.3. The number of amides is 1. The second kappa shape index (κ2) is 18.7. The van der Waals surface area contributed by atoms with Gasteiger partial charge in [-0.3, -0.25) is 14.4 Å². The number of piperazine rings is 2. The van der Waals surface area contributed by atoms with Crippen LogP contribution in [0.5, 0.6) is 0 Å². The van der Waals surface area contributed by atoms with Gasteiger partial charge in [0.2, 0.25) is 19.1 Å². The van der Waals surface area contributed by atoms with Crippen molar-refractivity contribution >= 4 is 47.0 Å². The standard InChI is InChI=1S/C32H41N5O3S.C4H9ClO2S/c1-2-3-24-41(39,40)34-29-25-28(32(38)37-18-16-33-17-19-37)14-15-30(29)35-20-22-36(23-21-35)31(26-10-6-4-7-11-26)27-12-8-5-9-13-27;1-2-3-4-8(5,6)7/h4-15,25,31,33-34H,2-3,16-24H2,1H3;2-4H2,1H3. The maximum atomic E-state index is 13.3. The molecule has 10 nitrogen and oxygen atoms in total. The molecule has 2 heterocycles. The smallest absolute Gasteiger partial charge is 0.254 e. The van der Waals surface area contributed by atoms with Crippen molar-refractivity contribution in [3.05, 3.63) is 95.6 Å². The molecule has 5 rings (SSSR count). The topological polar surface area (TPSA) is 119 Å². The molecule has 49 heavy (non-hydrogen) atoms. The van der Waals surface area contributed by atoms with Gasteiger partial charge < -0.3 is 15.1 Å². The fraction of sp³-hybridized carbons (Fsp3) is 0.472. The highest BCUT2D eigenvalue weighted by atomic mass is 35.7. The Morgan fingerprint density at radius 2 is 1.33 bits per heavy atom. The highest BCUT2D eigenvalue weighted by Crippen LogP contribution is 2.33. The van der Waals surface area contributed by atoms with Crippen LogP contribution >= 0.6 is 10.7 Å². The van der Waals surface area contributed by atoms with Crippen LogP contribution in [-0.2, 0) is 19.1 Å². The predicted octanol–water partition coefficient (Wildman–Crippen LogP) is 5.54. The average molecular weight is 732 g/mol. The number of benzene rings is 3. The largest absolute Gasteiger partial charge is 0.367 e. The number of nitrogens with zero attached hydrogens (tertiary/aromatic N) is 3. The fourth-order valence-electron chi connectivity index (χ4n) is 6.05. The highest BCUT2D eigenvalue weighted by molar-refractivity contribution is 8.13. The number of nitrogens with one attached hydrogen (secondary N) is 2. The van der Waals surface area contributed by atoms with Crippen molar-refractivity contribution < 1.29 is 21.6 Å². The van der Waals surface area contributed by atoms with Crippen LogP contribution in [0.25, 0.3) is 0 Å². The van der Waals surface area contributed by atoms with Gasteiger partial charge in [0.1, 0.15) is 0 Å². The number of carbonyl (C=O) groups excluding carboxylic acids is 1. The SMILES string of the molecule is CCCCS(=O)(=O)Cl.CCCCS(=O)(=O)Nc1cc(C(=O)N2CCNCC2)ccc1N1CCN(C(c2ccccc2)c2ccccc2)CC1. The number of anilines is 2. The quantitative estimate of drug-likeness (QED) is 0.220. The molecule has 13 heteroatoms. The number of hydrogen-bond acceptors (Lipinski definition) is 8. The van der Waals surface area contributed by atoms with Crippen LogP contribution in [0.1, 0.15) is 67.1 Å². The minimum atomic E-state index is -3.54. The van der Waals surface area contributed by atoms with E-state index in [4.69, 9.17) is 10.7 Å². The van der Waals surface area contributed by atoms with Gasteiger partial charge >= 0.3 is 0 Å². The molecule has 2 aliphatic rings. The minimum Gasteiger partial charge on any atom is -0.367 e. The molecule has 0 unspecified atom stereocenters. The minimum absolute atomic E-state index is 0.0581. The van der Waals surface area contributed by atoms with Crippen LogP contribution in [0.15, 0.2) is 78.9 Å². The van der Waals surface area contributed by atoms with Crippen LogP contribution in [0.2, 0.25) is 0 Å². The Kier molecular flexibility index (Phi) is 14.8. The number of hydrogen-bond donors (Lipinski definition) is 2. The lowest BCUT2D eigenvalue weighted by Crippen LogP contribution is -2.48. The maximum absolute atomic E-state index is 13.3. The molecule has 3 aromatic carbocycles. The van der Waals surface area contributed by atoms with Gasteiger partial charge in [-0.05, 0) is 42.2 Å². The van der Waals surface area contributed by atoms with Crippen molar-refractivity contribution in [1.82, 2.24) is 15.1 Å². The molecule has 268 valence electrons. The van der Waals surface area contributed by atoms with E-state index in [0.717, 1.165) is 57.8 Å². The first-order valence-corrected chi connectivity index (χ1v) is 21.3. The van der Waals surface area contributed by atoms with Gasteiger partial charge in [0.25, 0.3) is 5.91 Å². The Balaban J connectivity index is 0.000000603. The van der Waals surface area contributed by atoms with E-state index in [1.54, 1.807) is 6.07 Å². The summed E-state index contributed by atoms with van der Waals surface area (Å²) in [6, 6.07) is 26.8. The molecule has 0 spiro atoms. The van der Waals surface area contributed by atoms with Gasteiger partial charge in [-0.15, -0.1) is 0 Å². The summed E-state index contributed by atoms with van der Waals surface area (Å²) < 4.78 is 49.1. The Hall–Kier alpha value is -3.16. The lowest BCUT2D eigenvalue weighted by atomic mass is 9.96. The molecule has 0 aliphatic carbocycles. The zero-order valence-electron chi connectivity index (χ0n) is 28.6. The van der Waals surface area contributed by atoms with E-state index in [0.29, 0.717) is 37.2 Å². The van der Waals surface area contributed by atoms with Gasteiger partial charge in [-0.2, -0.15) is 0 Å². The lowest BCUT2D eigenvalue weighted by molar-refractivity contribution is 0.0736. The van der Waals surface area contributed by atoms with Crippen molar-refractivity contribution in [1.29, 1.82) is 0 Å². The normalized spacial score (nSPS) is 15.8. The van der Waals surface area contributed by atoms with Crippen LogP contribution in [0.3, 0.4) is 0 Å². The number of carbonyl (C=O) groups is 1. The summed E-state index contributed by atoms with van der Waals surface area (Å²) in [5.74, 6) is 0.0959. The Labute approximate surface area is 297 Å². The summed E-state index contributed by atoms with van der Waals surface area (Å²) in [6.45, 7) is 9.82. The molecule has 2 aliphatic heterocycles. The Morgan fingerprint density at radius 1 is 0.776 bits per heavy atom. The van der Waals surface area contributed by atoms with E-state index in [1.807, 2.05) is 43.0 Å². The molecular formula is C36H50ClN5O5S2. The Morgan fingerprint density at radius 3 is 1.84 bits per heavy atom. The molecule has 2 N–H and O–H groups in total. The zero-order chi connectivity index (χ0) is 35.3. The Bertz CT molecular complexity index is 1640. The van der Waals surface area contributed by atoms with Crippen LogP contribution in [0, 0.1) is 0 Å². The monoisotopic (exact) mass is 731 g/mol. The second-order valence-corrected chi connectivity index (χ2v) is 17.1. The summed E-state index contributed by atoms with van der Waals surface area (Å²) in [6.07, 6.45) is 2.90. The van der Waals surface area contributed by atoms with E-state index in [1.165, 1.54) is 11.1 Å². The maximum Gasteiger partial charge on any atom is 0.254 e. The number of rotatable bonds is 13. The van der Waals surface area contributed by atoms with Gasteiger partial charge in [0.15, 0.2) is 0 Å². The molecule has 2 fully saturated rings. The lowest BCUT2D eigenvalue weighted by Gasteiger charge is -2.41.